The molecule has 4 rings (SSSR count). The molecule has 9 nitrogen and oxygen atoms in total. The second kappa shape index (κ2) is 7.88. The Morgan fingerprint density at radius 3 is 2.45 bits per heavy atom. The number of aromatic nitrogens is 3. The van der Waals surface area contributed by atoms with Gasteiger partial charge in [-0.25, -0.2) is 4.68 Å². The van der Waals surface area contributed by atoms with Crippen LogP contribution in [0, 0.1) is 0 Å². The van der Waals surface area contributed by atoms with Gasteiger partial charge in [0.25, 0.3) is 0 Å². The number of hydrogen-bond donors (Lipinski definition) is 1. The Labute approximate surface area is 167 Å². The summed E-state index contributed by atoms with van der Waals surface area (Å²) in [5.41, 5.74) is 2.03. The lowest BCUT2D eigenvalue weighted by molar-refractivity contribution is 0.174. The van der Waals surface area contributed by atoms with Crippen LogP contribution in [0.4, 0.5) is 0 Å². The van der Waals surface area contributed by atoms with Crippen LogP contribution >= 0.6 is 0 Å². The van der Waals surface area contributed by atoms with Crippen LogP contribution in [-0.4, -0.2) is 48.2 Å². The Kier molecular flexibility index (Phi) is 5.13. The number of benzene rings is 2. The Morgan fingerprint density at radius 2 is 1.76 bits per heavy atom. The topological polar surface area (TPSA) is 97.1 Å². The van der Waals surface area contributed by atoms with E-state index < -0.39 is 6.10 Å². The van der Waals surface area contributed by atoms with Crippen molar-refractivity contribution in [1.82, 2.24) is 15.0 Å². The molecular weight excluding hydrogens is 378 g/mol. The highest BCUT2D eigenvalue weighted by molar-refractivity contribution is 5.55. The van der Waals surface area contributed by atoms with Crippen molar-refractivity contribution < 1.29 is 28.8 Å². The molecule has 0 aliphatic carbocycles. The van der Waals surface area contributed by atoms with Gasteiger partial charge in [0.15, 0.2) is 23.0 Å². The summed E-state index contributed by atoms with van der Waals surface area (Å²) in [6.45, 7) is 0.626. The molecule has 1 N–H and O–H groups in total. The second-order valence-electron chi connectivity index (χ2n) is 6.37. The standard InChI is InChI=1S/C20H21N3O6/c1-25-17-7-13(8-18(26-2)20(17)27-3)19(24)14-9-21-22-23(14)10-12-4-5-15-16(6-12)29-11-28-15/h4-9,19,24H,10-11H2,1-3H3. The van der Waals surface area contributed by atoms with Crippen molar-refractivity contribution in [2.45, 2.75) is 12.6 Å². The molecule has 29 heavy (non-hydrogen) atoms. The van der Waals surface area contributed by atoms with Crippen LogP contribution in [0.2, 0.25) is 0 Å². The van der Waals surface area contributed by atoms with Crippen LogP contribution in [0.1, 0.15) is 22.9 Å². The number of fused-ring (bicyclic) bond motifs is 1. The number of rotatable bonds is 7. The summed E-state index contributed by atoms with van der Waals surface area (Å²) in [4.78, 5) is 0. The van der Waals surface area contributed by atoms with Crippen LogP contribution < -0.4 is 23.7 Å². The predicted octanol–water partition coefficient (Wildman–Crippen LogP) is 2.16. The van der Waals surface area contributed by atoms with E-state index in [0.29, 0.717) is 46.5 Å². The zero-order valence-electron chi connectivity index (χ0n) is 16.3. The lowest BCUT2D eigenvalue weighted by atomic mass is 10.1. The van der Waals surface area contributed by atoms with E-state index in [1.807, 2.05) is 18.2 Å². The number of aliphatic hydroxyl groups is 1. The third-order valence-electron chi connectivity index (χ3n) is 4.70. The first-order chi connectivity index (χ1) is 14.1. The summed E-state index contributed by atoms with van der Waals surface area (Å²) in [5, 5.41) is 19.1. The molecule has 0 amide bonds. The van der Waals surface area contributed by atoms with Crippen molar-refractivity contribution in [1.29, 1.82) is 0 Å². The smallest absolute Gasteiger partial charge is 0.231 e. The molecule has 1 aliphatic rings. The van der Waals surface area contributed by atoms with Crippen molar-refractivity contribution in [3.8, 4) is 28.7 Å². The summed E-state index contributed by atoms with van der Waals surface area (Å²) in [6, 6.07) is 9.06. The SMILES string of the molecule is COc1cc(C(O)c2cnnn2Cc2ccc3c(c2)OCO3)cc(OC)c1OC. The number of aliphatic hydroxyl groups excluding tert-OH is 1. The fourth-order valence-corrected chi connectivity index (χ4v) is 3.24. The maximum Gasteiger partial charge on any atom is 0.231 e. The molecule has 152 valence electrons. The van der Waals surface area contributed by atoms with Crippen LogP contribution in [0.15, 0.2) is 36.5 Å². The van der Waals surface area contributed by atoms with E-state index in [-0.39, 0.29) is 6.79 Å². The molecule has 2 heterocycles. The first-order valence-corrected chi connectivity index (χ1v) is 8.89. The van der Waals surface area contributed by atoms with Gasteiger partial charge in [0.2, 0.25) is 12.5 Å². The van der Waals surface area contributed by atoms with Crippen molar-refractivity contribution in [3.63, 3.8) is 0 Å². The molecule has 3 aromatic rings. The monoisotopic (exact) mass is 399 g/mol. The quantitative estimate of drug-likeness (QED) is 0.646. The van der Waals surface area contributed by atoms with E-state index in [4.69, 9.17) is 23.7 Å². The van der Waals surface area contributed by atoms with Crippen LogP contribution in [0.25, 0.3) is 0 Å². The first-order valence-electron chi connectivity index (χ1n) is 8.89. The molecular formula is C20H21N3O6. The summed E-state index contributed by atoms with van der Waals surface area (Å²) in [7, 11) is 4.58. The molecule has 1 atom stereocenters. The highest BCUT2D eigenvalue weighted by Crippen LogP contribution is 2.40. The predicted molar refractivity (Wildman–Crippen MR) is 102 cm³/mol. The van der Waals surface area contributed by atoms with Crippen LogP contribution in [-0.2, 0) is 6.54 Å². The minimum atomic E-state index is -0.993. The van der Waals surface area contributed by atoms with E-state index in [0.717, 1.165) is 5.56 Å². The Morgan fingerprint density at radius 1 is 1.03 bits per heavy atom. The molecule has 0 saturated heterocycles. The maximum absolute atomic E-state index is 11.0. The molecule has 1 unspecified atom stereocenters. The zero-order chi connectivity index (χ0) is 20.4. The molecule has 0 saturated carbocycles. The molecule has 1 aliphatic heterocycles. The zero-order valence-corrected chi connectivity index (χ0v) is 16.3. The molecule has 0 radical (unpaired) electrons. The van der Waals surface area contributed by atoms with Crippen LogP contribution in [0.5, 0.6) is 28.7 Å². The van der Waals surface area contributed by atoms with Gasteiger partial charge < -0.3 is 28.8 Å². The maximum atomic E-state index is 11.0. The van der Waals surface area contributed by atoms with Gasteiger partial charge in [-0.3, -0.25) is 0 Å². The van der Waals surface area contributed by atoms with Gasteiger partial charge in [0.1, 0.15) is 6.10 Å². The highest BCUT2D eigenvalue weighted by atomic mass is 16.7. The Bertz CT molecular complexity index is 994. The second-order valence-corrected chi connectivity index (χ2v) is 6.37. The fourth-order valence-electron chi connectivity index (χ4n) is 3.24. The largest absolute Gasteiger partial charge is 0.493 e. The average Bonchev–Trinajstić information content (AvgIpc) is 3.41. The Hall–Kier alpha value is -3.46. The van der Waals surface area contributed by atoms with Gasteiger partial charge >= 0.3 is 0 Å². The summed E-state index contributed by atoms with van der Waals surface area (Å²) < 4.78 is 28.5. The number of methoxy groups -OCH3 is 3. The van der Waals surface area contributed by atoms with E-state index >= 15 is 0 Å². The van der Waals surface area contributed by atoms with Gasteiger partial charge in [-0.15, -0.1) is 5.10 Å². The van der Waals surface area contributed by atoms with Crippen molar-refractivity contribution in [3.05, 3.63) is 53.3 Å². The molecule has 9 heteroatoms. The number of hydrogen-bond acceptors (Lipinski definition) is 8. The molecule has 1 aromatic heterocycles. The van der Waals surface area contributed by atoms with Gasteiger partial charge in [-0.05, 0) is 35.4 Å². The minimum absolute atomic E-state index is 0.215. The first kappa shape index (κ1) is 18.9. The lowest BCUT2D eigenvalue weighted by Crippen LogP contribution is -2.12. The van der Waals surface area contributed by atoms with Gasteiger partial charge in [0, 0.05) is 0 Å². The van der Waals surface area contributed by atoms with Gasteiger partial charge in [0.05, 0.1) is 39.8 Å². The van der Waals surface area contributed by atoms with E-state index in [1.165, 1.54) is 27.5 Å². The molecule has 0 spiro atoms. The molecule has 0 fully saturated rings. The Balaban J connectivity index is 1.64. The van der Waals surface area contributed by atoms with E-state index in [2.05, 4.69) is 10.3 Å². The third kappa shape index (κ3) is 3.52. The number of nitrogens with zero attached hydrogens (tertiary/aromatic N) is 3. The van der Waals surface area contributed by atoms with Crippen molar-refractivity contribution in [2.75, 3.05) is 28.1 Å². The normalized spacial score (nSPS) is 13.2. The van der Waals surface area contributed by atoms with Gasteiger partial charge in [-0.2, -0.15) is 0 Å². The minimum Gasteiger partial charge on any atom is -0.493 e. The van der Waals surface area contributed by atoms with Gasteiger partial charge in [-0.1, -0.05) is 11.3 Å². The summed E-state index contributed by atoms with van der Waals surface area (Å²) in [5.74, 6) is 2.77. The van der Waals surface area contributed by atoms with Crippen molar-refractivity contribution >= 4 is 0 Å². The molecule has 0 bridgehead atoms. The number of ether oxygens (including phenoxy) is 5. The van der Waals surface area contributed by atoms with E-state index in [9.17, 15) is 5.11 Å². The summed E-state index contributed by atoms with van der Waals surface area (Å²) >= 11 is 0. The third-order valence-corrected chi connectivity index (χ3v) is 4.70. The molecule has 2 aromatic carbocycles. The van der Waals surface area contributed by atoms with E-state index in [1.54, 1.807) is 16.8 Å². The van der Waals surface area contributed by atoms with Crippen LogP contribution in [0.3, 0.4) is 0 Å². The fraction of sp³-hybridized carbons (Fsp3) is 0.300. The highest BCUT2D eigenvalue weighted by Gasteiger charge is 2.22. The lowest BCUT2D eigenvalue weighted by Gasteiger charge is -2.17. The van der Waals surface area contributed by atoms with Crippen molar-refractivity contribution in [2.24, 2.45) is 0 Å². The average molecular weight is 399 g/mol. The summed E-state index contributed by atoms with van der Waals surface area (Å²) in [6.07, 6.45) is 0.536.